The van der Waals surface area contributed by atoms with Gasteiger partial charge in [-0.3, -0.25) is 9.79 Å². The topological polar surface area (TPSA) is 69.2 Å². The number of carbonyl (C=O) groups excluding carboxylic acids is 1. The normalized spacial score (nSPS) is 14.8. The highest BCUT2D eigenvalue weighted by molar-refractivity contribution is 5.81. The second kappa shape index (κ2) is 13.0. The third-order valence-corrected chi connectivity index (χ3v) is 4.89. The molecule has 0 aromatic heterocycles. The molecule has 29 heavy (non-hydrogen) atoms. The van der Waals surface area contributed by atoms with Crippen LogP contribution in [0.25, 0.3) is 0 Å². The maximum Gasteiger partial charge on any atom is 0.224 e. The first-order valence-corrected chi connectivity index (χ1v) is 10.4. The fourth-order valence-electron chi connectivity index (χ4n) is 3.21. The maximum atomic E-state index is 13.1. The molecule has 1 fully saturated rings. The third kappa shape index (κ3) is 8.27. The Morgan fingerprint density at radius 3 is 2.45 bits per heavy atom. The van der Waals surface area contributed by atoms with Crippen molar-refractivity contribution in [1.82, 2.24) is 15.5 Å². The van der Waals surface area contributed by atoms with Crippen molar-refractivity contribution < 1.29 is 13.9 Å². The van der Waals surface area contributed by atoms with E-state index in [4.69, 9.17) is 4.74 Å². The minimum atomic E-state index is -0.231. The standard InChI is InChI=1S/C21H34FN5O2/c1-3-29-17-5-4-11-24-21(23-2)25-12-10-20(28)27-15-13-26(14-16-27)19-8-6-18(22)7-9-19/h6-9H,3-5,10-17H2,1-2H3,(H2,23,24,25). The van der Waals surface area contributed by atoms with Crippen molar-refractivity contribution in [2.45, 2.75) is 26.2 Å². The van der Waals surface area contributed by atoms with Gasteiger partial charge in [-0.1, -0.05) is 0 Å². The quantitative estimate of drug-likeness (QED) is 0.352. The number of piperazine rings is 1. The SMILES string of the molecule is CCOCCCCNC(=NC)NCCC(=O)N1CCN(c2ccc(F)cc2)CC1. The molecule has 1 aliphatic rings. The molecule has 1 amide bonds. The Morgan fingerprint density at radius 1 is 1.10 bits per heavy atom. The molecular weight excluding hydrogens is 373 g/mol. The lowest BCUT2D eigenvalue weighted by molar-refractivity contribution is -0.131. The molecule has 0 spiro atoms. The fraction of sp³-hybridized carbons (Fsp3) is 0.619. The molecule has 1 heterocycles. The van der Waals surface area contributed by atoms with Crippen molar-refractivity contribution in [3.63, 3.8) is 0 Å². The molecule has 0 aliphatic carbocycles. The van der Waals surface area contributed by atoms with Gasteiger partial charge in [0, 0.05) is 71.6 Å². The highest BCUT2D eigenvalue weighted by atomic mass is 19.1. The summed E-state index contributed by atoms with van der Waals surface area (Å²) >= 11 is 0. The minimum Gasteiger partial charge on any atom is -0.382 e. The smallest absolute Gasteiger partial charge is 0.224 e. The molecule has 2 N–H and O–H groups in total. The summed E-state index contributed by atoms with van der Waals surface area (Å²) in [7, 11) is 1.73. The number of benzene rings is 1. The van der Waals surface area contributed by atoms with Crippen LogP contribution in [0.5, 0.6) is 0 Å². The van der Waals surface area contributed by atoms with Crippen LogP contribution in [-0.4, -0.2) is 76.3 Å². The number of hydrogen-bond donors (Lipinski definition) is 2. The lowest BCUT2D eigenvalue weighted by Crippen LogP contribution is -2.49. The van der Waals surface area contributed by atoms with Crippen LogP contribution in [0.4, 0.5) is 10.1 Å². The molecule has 8 heteroatoms. The third-order valence-electron chi connectivity index (χ3n) is 4.89. The second-order valence-corrected chi connectivity index (χ2v) is 6.92. The van der Waals surface area contributed by atoms with Crippen molar-refractivity contribution in [1.29, 1.82) is 0 Å². The van der Waals surface area contributed by atoms with E-state index >= 15 is 0 Å². The predicted octanol–water partition coefficient (Wildman–Crippen LogP) is 1.85. The summed E-state index contributed by atoms with van der Waals surface area (Å²) in [4.78, 5) is 20.7. The van der Waals surface area contributed by atoms with Crippen LogP contribution in [-0.2, 0) is 9.53 Å². The fourth-order valence-corrected chi connectivity index (χ4v) is 3.21. The van der Waals surface area contributed by atoms with E-state index in [1.807, 2.05) is 11.8 Å². The van der Waals surface area contributed by atoms with E-state index in [2.05, 4.69) is 20.5 Å². The van der Waals surface area contributed by atoms with E-state index < -0.39 is 0 Å². The maximum absolute atomic E-state index is 13.1. The summed E-state index contributed by atoms with van der Waals surface area (Å²) in [5.41, 5.74) is 0.997. The number of nitrogens with one attached hydrogen (secondary N) is 2. The molecule has 2 rings (SSSR count). The highest BCUT2D eigenvalue weighted by Gasteiger charge is 2.21. The average Bonchev–Trinajstić information content (AvgIpc) is 2.75. The summed E-state index contributed by atoms with van der Waals surface area (Å²) in [6, 6.07) is 6.51. The number of carbonyl (C=O) groups is 1. The molecule has 7 nitrogen and oxygen atoms in total. The Kier molecular flexibility index (Phi) is 10.3. The Balaban J connectivity index is 1.61. The van der Waals surface area contributed by atoms with E-state index in [0.717, 1.165) is 57.3 Å². The first-order valence-electron chi connectivity index (χ1n) is 10.4. The summed E-state index contributed by atoms with van der Waals surface area (Å²) in [6.45, 7) is 7.80. The van der Waals surface area contributed by atoms with Crippen LogP contribution in [0.15, 0.2) is 29.3 Å². The Labute approximate surface area is 173 Å². The number of anilines is 1. The van der Waals surface area contributed by atoms with E-state index in [1.54, 1.807) is 19.2 Å². The van der Waals surface area contributed by atoms with Crippen LogP contribution < -0.4 is 15.5 Å². The van der Waals surface area contributed by atoms with Gasteiger partial charge in [0.15, 0.2) is 5.96 Å². The van der Waals surface area contributed by atoms with Crippen molar-refractivity contribution in [3.05, 3.63) is 30.1 Å². The number of hydrogen-bond acceptors (Lipinski definition) is 4. The second-order valence-electron chi connectivity index (χ2n) is 6.92. The predicted molar refractivity (Wildman–Crippen MR) is 115 cm³/mol. The number of ether oxygens (including phenoxy) is 1. The Morgan fingerprint density at radius 2 is 1.79 bits per heavy atom. The number of guanidine groups is 1. The van der Waals surface area contributed by atoms with Gasteiger partial charge in [0.05, 0.1) is 0 Å². The van der Waals surface area contributed by atoms with Gasteiger partial charge in [0.25, 0.3) is 0 Å². The van der Waals surface area contributed by atoms with Crippen molar-refractivity contribution in [2.24, 2.45) is 4.99 Å². The van der Waals surface area contributed by atoms with Gasteiger partial charge >= 0.3 is 0 Å². The molecule has 0 atom stereocenters. The zero-order chi connectivity index (χ0) is 20.9. The first kappa shape index (κ1) is 22.9. The van der Waals surface area contributed by atoms with Crippen molar-refractivity contribution in [2.75, 3.05) is 64.4 Å². The molecule has 1 aliphatic heterocycles. The molecule has 0 saturated carbocycles. The van der Waals surface area contributed by atoms with Crippen LogP contribution in [0.3, 0.4) is 0 Å². The van der Waals surface area contributed by atoms with Crippen LogP contribution >= 0.6 is 0 Å². The van der Waals surface area contributed by atoms with Gasteiger partial charge in [-0.05, 0) is 44.0 Å². The number of aliphatic imine (C=N–C) groups is 1. The van der Waals surface area contributed by atoms with Gasteiger partial charge in [-0.2, -0.15) is 0 Å². The van der Waals surface area contributed by atoms with E-state index in [-0.39, 0.29) is 11.7 Å². The Hall–Kier alpha value is -2.35. The van der Waals surface area contributed by atoms with E-state index in [0.29, 0.717) is 26.1 Å². The molecule has 1 saturated heterocycles. The lowest BCUT2D eigenvalue weighted by atomic mass is 10.2. The van der Waals surface area contributed by atoms with E-state index in [1.165, 1.54) is 12.1 Å². The molecule has 0 radical (unpaired) electrons. The number of nitrogens with zero attached hydrogens (tertiary/aromatic N) is 3. The Bertz CT molecular complexity index is 630. The number of amides is 1. The average molecular weight is 408 g/mol. The molecular formula is C21H34FN5O2. The van der Waals surface area contributed by atoms with Gasteiger partial charge < -0.3 is 25.2 Å². The van der Waals surface area contributed by atoms with Gasteiger partial charge in [-0.15, -0.1) is 0 Å². The summed E-state index contributed by atoms with van der Waals surface area (Å²) in [5, 5.41) is 6.45. The highest BCUT2D eigenvalue weighted by Crippen LogP contribution is 2.17. The summed E-state index contributed by atoms with van der Waals surface area (Å²) < 4.78 is 18.4. The number of halogens is 1. The van der Waals surface area contributed by atoms with Crippen molar-refractivity contribution >= 4 is 17.6 Å². The van der Waals surface area contributed by atoms with E-state index in [9.17, 15) is 9.18 Å². The monoisotopic (exact) mass is 407 g/mol. The molecule has 0 unspecified atom stereocenters. The van der Waals surface area contributed by atoms with Crippen LogP contribution in [0, 0.1) is 5.82 Å². The van der Waals surface area contributed by atoms with Gasteiger partial charge in [0.1, 0.15) is 5.82 Å². The number of rotatable bonds is 10. The minimum absolute atomic E-state index is 0.142. The largest absolute Gasteiger partial charge is 0.382 e. The van der Waals surface area contributed by atoms with Crippen molar-refractivity contribution in [3.8, 4) is 0 Å². The number of unbranched alkanes of at least 4 members (excludes halogenated alkanes) is 1. The van der Waals surface area contributed by atoms with Crippen LogP contribution in [0.2, 0.25) is 0 Å². The summed E-state index contributed by atoms with van der Waals surface area (Å²) in [5.74, 6) is 0.629. The molecule has 1 aromatic rings. The van der Waals surface area contributed by atoms with Gasteiger partial charge in [-0.25, -0.2) is 4.39 Å². The molecule has 0 bridgehead atoms. The zero-order valence-electron chi connectivity index (χ0n) is 17.6. The summed E-state index contributed by atoms with van der Waals surface area (Å²) in [6.07, 6.45) is 2.46. The van der Waals surface area contributed by atoms with Gasteiger partial charge in [0.2, 0.25) is 5.91 Å². The first-order chi connectivity index (χ1) is 14.1. The lowest BCUT2D eigenvalue weighted by Gasteiger charge is -2.36. The molecule has 1 aromatic carbocycles. The zero-order valence-corrected chi connectivity index (χ0v) is 17.6. The molecule has 162 valence electrons. The van der Waals surface area contributed by atoms with Crippen LogP contribution in [0.1, 0.15) is 26.2 Å².